The maximum atomic E-state index is 4.79. The van der Waals surface area contributed by atoms with E-state index in [1.807, 2.05) is 0 Å². The summed E-state index contributed by atoms with van der Waals surface area (Å²) in [5.41, 5.74) is 1.39. The first kappa shape index (κ1) is 14.5. The van der Waals surface area contributed by atoms with Crippen molar-refractivity contribution in [1.29, 1.82) is 0 Å². The maximum absolute atomic E-state index is 4.79. The summed E-state index contributed by atoms with van der Waals surface area (Å²) in [6.45, 7) is 10.2. The standard InChI is InChI=1S/C16H27N3S/c1-16(2,3)15-18-12(11-20-15)10-17-13-7-9-19-8-5-4-6-14(13)19/h11,13-14,17H,4-10H2,1-3H3. The van der Waals surface area contributed by atoms with Gasteiger partial charge < -0.3 is 5.32 Å². The van der Waals surface area contributed by atoms with Crippen LogP contribution in [0.25, 0.3) is 0 Å². The first-order valence-corrected chi connectivity index (χ1v) is 8.84. The molecule has 2 saturated heterocycles. The Labute approximate surface area is 126 Å². The van der Waals surface area contributed by atoms with Crippen LogP contribution in [0.4, 0.5) is 0 Å². The summed E-state index contributed by atoms with van der Waals surface area (Å²) in [4.78, 5) is 7.47. The van der Waals surface area contributed by atoms with Crippen LogP contribution in [0, 0.1) is 0 Å². The zero-order valence-corrected chi connectivity index (χ0v) is 13.8. The Morgan fingerprint density at radius 3 is 2.90 bits per heavy atom. The number of nitrogens with one attached hydrogen (secondary N) is 1. The largest absolute Gasteiger partial charge is 0.307 e. The van der Waals surface area contributed by atoms with Gasteiger partial charge in [-0.1, -0.05) is 27.2 Å². The average Bonchev–Trinajstić information content (AvgIpc) is 3.02. The van der Waals surface area contributed by atoms with Crippen molar-refractivity contribution < 1.29 is 0 Å². The molecular formula is C16H27N3S. The molecule has 0 amide bonds. The Morgan fingerprint density at radius 1 is 1.30 bits per heavy atom. The molecule has 0 aliphatic carbocycles. The first-order chi connectivity index (χ1) is 9.54. The molecule has 0 radical (unpaired) electrons. The summed E-state index contributed by atoms with van der Waals surface area (Å²) in [5.74, 6) is 0. The Morgan fingerprint density at radius 2 is 2.15 bits per heavy atom. The predicted molar refractivity (Wildman–Crippen MR) is 85.3 cm³/mol. The van der Waals surface area contributed by atoms with Crippen molar-refractivity contribution in [2.75, 3.05) is 13.1 Å². The van der Waals surface area contributed by atoms with Gasteiger partial charge in [0.25, 0.3) is 0 Å². The highest BCUT2D eigenvalue weighted by molar-refractivity contribution is 7.09. The molecule has 3 rings (SSSR count). The minimum absolute atomic E-state index is 0.177. The van der Waals surface area contributed by atoms with Crippen molar-refractivity contribution in [1.82, 2.24) is 15.2 Å². The molecule has 20 heavy (non-hydrogen) atoms. The number of nitrogens with zero attached hydrogens (tertiary/aromatic N) is 2. The topological polar surface area (TPSA) is 28.2 Å². The average molecular weight is 293 g/mol. The van der Waals surface area contributed by atoms with E-state index in [9.17, 15) is 0 Å². The van der Waals surface area contributed by atoms with Gasteiger partial charge in [-0.15, -0.1) is 11.3 Å². The molecule has 0 spiro atoms. The van der Waals surface area contributed by atoms with E-state index in [1.165, 1.54) is 49.5 Å². The number of hydrogen-bond acceptors (Lipinski definition) is 4. The molecule has 0 saturated carbocycles. The van der Waals surface area contributed by atoms with Crippen molar-refractivity contribution in [2.45, 2.75) is 70.5 Å². The Balaban J connectivity index is 1.56. The van der Waals surface area contributed by atoms with Gasteiger partial charge in [-0.25, -0.2) is 4.98 Å². The minimum Gasteiger partial charge on any atom is -0.307 e. The van der Waals surface area contributed by atoms with Crippen LogP contribution < -0.4 is 5.32 Å². The second-order valence-electron chi connectivity index (χ2n) is 7.27. The van der Waals surface area contributed by atoms with E-state index >= 15 is 0 Å². The highest BCUT2D eigenvalue weighted by atomic mass is 32.1. The number of piperidine rings is 1. The van der Waals surface area contributed by atoms with Crippen LogP contribution in [0.5, 0.6) is 0 Å². The predicted octanol–water partition coefficient (Wildman–Crippen LogP) is 3.16. The Hall–Kier alpha value is -0.450. The molecule has 2 aliphatic rings. The van der Waals surface area contributed by atoms with E-state index in [2.05, 4.69) is 36.4 Å². The summed E-state index contributed by atoms with van der Waals surface area (Å²) in [6, 6.07) is 1.46. The van der Waals surface area contributed by atoms with E-state index in [1.54, 1.807) is 11.3 Å². The molecule has 2 unspecified atom stereocenters. The fraction of sp³-hybridized carbons (Fsp3) is 0.812. The Kier molecular flexibility index (Phi) is 4.16. The summed E-state index contributed by atoms with van der Waals surface area (Å²) >= 11 is 1.80. The van der Waals surface area contributed by atoms with Gasteiger partial charge in [0.1, 0.15) is 0 Å². The normalized spacial score (nSPS) is 27.8. The zero-order valence-electron chi connectivity index (χ0n) is 13.0. The van der Waals surface area contributed by atoms with Gasteiger partial charge in [0.05, 0.1) is 10.7 Å². The molecule has 1 aromatic heterocycles. The molecule has 2 aliphatic heterocycles. The van der Waals surface area contributed by atoms with Crippen LogP contribution in [0.2, 0.25) is 0 Å². The van der Waals surface area contributed by atoms with E-state index in [-0.39, 0.29) is 5.41 Å². The molecule has 3 heterocycles. The fourth-order valence-corrected chi connectivity index (χ4v) is 4.36. The van der Waals surface area contributed by atoms with Crippen LogP contribution in [-0.4, -0.2) is 35.1 Å². The summed E-state index contributed by atoms with van der Waals surface area (Å²) in [5, 5.41) is 7.24. The third kappa shape index (κ3) is 3.07. The van der Waals surface area contributed by atoms with Crippen molar-refractivity contribution >= 4 is 11.3 Å². The van der Waals surface area contributed by atoms with Crippen LogP contribution in [-0.2, 0) is 12.0 Å². The fourth-order valence-electron chi connectivity index (χ4n) is 3.45. The number of hydrogen-bond donors (Lipinski definition) is 1. The monoisotopic (exact) mass is 293 g/mol. The number of thiazole rings is 1. The van der Waals surface area contributed by atoms with Crippen LogP contribution in [0.1, 0.15) is 57.2 Å². The van der Waals surface area contributed by atoms with Gasteiger partial charge in [0.2, 0.25) is 0 Å². The van der Waals surface area contributed by atoms with Gasteiger partial charge in [-0.2, -0.15) is 0 Å². The van der Waals surface area contributed by atoms with E-state index in [4.69, 9.17) is 4.98 Å². The molecular weight excluding hydrogens is 266 g/mol. The lowest BCUT2D eigenvalue weighted by Crippen LogP contribution is -2.44. The molecule has 0 bridgehead atoms. The first-order valence-electron chi connectivity index (χ1n) is 7.96. The zero-order chi connectivity index (χ0) is 14.2. The summed E-state index contributed by atoms with van der Waals surface area (Å²) in [7, 11) is 0. The highest BCUT2D eigenvalue weighted by Gasteiger charge is 2.35. The van der Waals surface area contributed by atoms with Gasteiger partial charge >= 0.3 is 0 Å². The SMILES string of the molecule is CC(C)(C)c1nc(CNC2CCN3CCCCC23)cs1. The van der Waals surface area contributed by atoms with Gasteiger partial charge in [0, 0.05) is 36.0 Å². The van der Waals surface area contributed by atoms with Gasteiger partial charge in [0.15, 0.2) is 0 Å². The molecule has 2 fully saturated rings. The summed E-state index contributed by atoms with van der Waals surface area (Å²) in [6.07, 6.45) is 5.48. The second kappa shape index (κ2) is 5.74. The lowest BCUT2D eigenvalue weighted by atomic mass is 9.98. The van der Waals surface area contributed by atoms with Gasteiger partial charge in [-0.05, 0) is 25.8 Å². The van der Waals surface area contributed by atoms with Gasteiger partial charge in [-0.3, -0.25) is 4.90 Å². The van der Waals surface area contributed by atoms with Crippen molar-refractivity contribution in [2.24, 2.45) is 0 Å². The van der Waals surface area contributed by atoms with Crippen molar-refractivity contribution in [3.63, 3.8) is 0 Å². The Bertz CT molecular complexity index is 449. The van der Waals surface area contributed by atoms with E-state index in [0.29, 0.717) is 6.04 Å². The number of fused-ring (bicyclic) bond motifs is 1. The molecule has 3 nitrogen and oxygen atoms in total. The number of aromatic nitrogens is 1. The van der Waals surface area contributed by atoms with E-state index in [0.717, 1.165) is 12.6 Å². The third-order valence-corrected chi connectivity index (χ3v) is 5.91. The highest BCUT2D eigenvalue weighted by Crippen LogP contribution is 2.28. The summed E-state index contributed by atoms with van der Waals surface area (Å²) < 4.78 is 0. The molecule has 1 aromatic rings. The molecule has 4 heteroatoms. The van der Waals surface area contributed by atoms with Crippen molar-refractivity contribution in [3.05, 3.63) is 16.1 Å². The quantitative estimate of drug-likeness (QED) is 0.928. The van der Waals surface area contributed by atoms with Crippen LogP contribution >= 0.6 is 11.3 Å². The molecule has 0 aromatic carbocycles. The third-order valence-electron chi connectivity index (χ3n) is 4.59. The maximum Gasteiger partial charge on any atom is 0.0982 e. The minimum atomic E-state index is 0.177. The number of rotatable bonds is 3. The lowest BCUT2D eigenvalue weighted by Gasteiger charge is -2.32. The van der Waals surface area contributed by atoms with E-state index < -0.39 is 0 Å². The molecule has 2 atom stereocenters. The molecule has 1 N–H and O–H groups in total. The van der Waals surface area contributed by atoms with Crippen LogP contribution in [0.15, 0.2) is 5.38 Å². The second-order valence-corrected chi connectivity index (χ2v) is 8.13. The van der Waals surface area contributed by atoms with Crippen molar-refractivity contribution in [3.8, 4) is 0 Å². The lowest BCUT2D eigenvalue weighted by molar-refractivity contribution is 0.180. The van der Waals surface area contributed by atoms with Crippen LogP contribution in [0.3, 0.4) is 0 Å². The molecule has 112 valence electrons. The smallest absolute Gasteiger partial charge is 0.0982 e.